The number of para-hydroxylation sites is 1. The van der Waals surface area contributed by atoms with Crippen molar-refractivity contribution in [3.63, 3.8) is 0 Å². The third kappa shape index (κ3) is 4.20. The predicted molar refractivity (Wildman–Crippen MR) is 91.0 cm³/mol. The SMILES string of the molecule is CC(C)(C)C1CCCN(C(=S)Nc2ccccc2)CC1. The van der Waals surface area contributed by atoms with Crippen LogP contribution in [-0.2, 0) is 0 Å². The van der Waals surface area contributed by atoms with Gasteiger partial charge in [0.05, 0.1) is 0 Å². The highest BCUT2D eigenvalue weighted by atomic mass is 32.1. The molecule has 1 heterocycles. The molecule has 0 saturated carbocycles. The molecule has 1 aliphatic heterocycles. The fourth-order valence-corrected chi connectivity index (χ4v) is 3.19. The third-order valence-electron chi connectivity index (χ3n) is 4.27. The molecule has 3 heteroatoms. The van der Waals surface area contributed by atoms with Crippen LogP contribution in [0, 0.1) is 11.3 Å². The van der Waals surface area contributed by atoms with Crippen molar-refractivity contribution in [2.75, 3.05) is 18.4 Å². The van der Waals surface area contributed by atoms with Crippen molar-refractivity contribution in [2.24, 2.45) is 11.3 Å². The lowest BCUT2D eigenvalue weighted by Crippen LogP contribution is -2.35. The second-order valence-electron chi connectivity index (χ2n) is 6.78. The van der Waals surface area contributed by atoms with Gasteiger partial charge in [0.1, 0.15) is 0 Å². The van der Waals surface area contributed by atoms with Crippen LogP contribution in [-0.4, -0.2) is 23.1 Å². The zero-order valence-corrected chi connectivity index (χ0v) is 13.7. The van der Waals surface area contributed by atoms with Gasteiger partial charge in [0.15, 0.2) is 5.11 Å². The van der Waals surface area contributed by atoms with Crippen LogP contribution in [0.1, 0.15) is 40.0 Å². The molecule has 1 fully saturated rings. The van der Waals surface area contributed by atoms with Crippen LogP contribution in [0.5, 0.6) is 0 Å². The molecule has 2 rings (SSSR count). The Labute approximate surface area is 128 Å². The molecule has 1 atom stereocenters. The van der Waals surface area contributed by atoms with Gasteiger partial charge in [-0.1, -0.05) is 39.0 Å². The number of thiocarbonyl (C=S) groups is 1. The summed E-state index contributed by atoms with van der Waals surface area (Å²) >= 11 is 5.56. The summed E-state index contributed by atoms with van der Waals surface area (Å²) in [6.45, 7) is 9.21. The van der Waals surface area contributed by atoms with Crippen molar-refractivity contribution in [2.45, 2.75) is 40.0 Å². The Morgan fingerprint density at radius 3 is 2.50 bits per heavy atom. The Morgan fingerprint density at radius 1 is 1.15 bits per heavy atom. The van der Waals surface area contributed by atoms with Crippen LogP contribution < -0.4 is 5.32 Å². The highest BCUT2D eigenvalue weighted by Crippen LogP contribution is 2.34. The Hall–Kier alpha value is -1.09. The standard InChI is InChI=1S/C17H26N2S/c1-17(2,3)14-8-7-12-19(13-11-14)16(20)18-15-9-5-4-6-10-15/h4-6,9-10,14H,7-8,11-13H2,1-3H3,(H,18,20). The molecular formula is C17H26N2S. The maximum atomic E-state index is 5.56. The fourth-order valence-electron chi connectivity index (χ4n) is 2.89. The van der Waals surface area contributed by atoms with Crippen molar-refractivity contribution < 1.29 is 0 Å². The van der Waals surface area contributed by atoms with E-state index in [-0.39, 0.29) is 0 Å². The number of rotatable bonds is 1. The van der Waals surface area contributed by atoms with Gasteiger partial charge in [-0.15, -0.1) is 0 Å². The van der Waals surface area contributed by atoms with Gasteiger partial charge in [-0.2, -0.15) is 0 Å². The molecule has 0 aliphatic carbocycles. The Balaban J connectivity index is 1.92. The fraction of sp³-hybridized carbons (Fsp3) is 0.588. The minimum Gasteiger partial charge on any atom is -0.349 e. The normalized spacial score (nSPS) is 20.4. The smallest absolute Gasteiger partial charge is 0.173 e. The molecular weight excluding hydrogens is 264 g/mol. The van der Waals surface area contributed by atoms with Crippen LogP contribution in [0.3, 0.4) is 0 Å². The van der Waals surface area contributed by atoms with E-state index in [4.69, 9.17) is 12.2 Å². The lowest BCUT2D eigenvalue weighted by Gasteiger charge is -2.30. The molecule has 1 aromatic rings. The van der Waals surface area contributed by atoms with E-state index in [0.29, 0.717) is 5.41 Å². The monoisotopic (exact) mass is 290 g/mol. The van der Waals surface area contributed by atoms with Gasteiger partial charge in [0.2, 0.25) is 0 Å². The first kappa shape index (κ1) is 15.3. The van der Waals surface area contributed by atoms with E-state index in [9.17, 15) is 0 Å². The van der Waals surface area contributed by atoms with E-state index >= 15 is 0 Å². The molecule has 0 bridgehead atoms. The number of hydrogen-bond acceptors (Lipinski definition) is 1. The van der Waals surface area contributed by atoms with E-state index in [0.717, 1.165) is 29.8 Å². The van der Waals surface area contributed by atoms with Gasteiger partial charge in [-0.3, -0.25) is 0 Å². The third-order valence-corrected chi connectivity index (χ3v) is 4.63. The van der Waals surface area contributed by atoms with Crippen LogP contribution >= 0.6 is 12.2 Å². The topological polar surface area (TPSA) is 15.3 Å². The molecule has 110 valence electrons. The molecule has 0 amide bonds. The largest absolute Gasteiger partial charge is 0.349 e. The number of anilines is 1. The first-order chi connectivity index (χ1) is 9.47. The van der Waals surface area contributed by atoms with E-state index in [2.05, 4.69) is 43.1 Å². The van der Waals surface area contributed by atoms with Gasteiger partial charge in [0.25, 0.3) is 0 Å². The highest BCUT2D eigenvalue weighted by molar-refractivity contribution is 7.80. The molecule has 1 unspecified atom stereocenters. The zero-order chi connectivity index (χ0) is 14.6. The number of nitrogens with zero attached hydrogens (tertiary/aromatic N) is 1. The summed E-state index contributed by atoms with van der Waals surface area (Å²) in [6, 6.07) is 10.2. The zero-order valence-electron chi connectivity index (χ0n) is 12.9. The van der Waals surface area contributed by atoms with Crippen LogP contribution in [0.15, 0.2) is 30.3 Å². The minimum absolute atomic E-state index is 0.407. The van der Waals surface area contributed by atoms with Crippen LogP contribution in [0.2, 0.25) is 0 Å². The summed E-state index contributed by atoms with van der Waals surface area (Å²) in [4.78, 5) is 2.33. The van der Waals surface area contributed by atoms with Crippen molar-refractivity contribution in [1.82, 2.24) is 4.90 Å². The Kier molecular flexibility index (Phi) is 5.03. The molecule has 20 heavy (non-hydrogen) atoms. The average molecular weight is 290 g/mol. The van der Waals surface area contributed by atoms with Crippen molar-refractivity contribution in [3.05, 3.63) is 30.3 Å². The molecule has 0 spiro atoms. The molecule has 1 N–H and O–H groups in total. The number of likely N-dealkylation sites (tertiary alicyclic amines) is 1. The van der Waals surface area contributed by atoms with E-state index < -0.39 is 0 Å². The van der Waals surface area contributed by atoms with E-state index in [1.807, 2.05) is 18.2 Å². The van der Waals surface area contributed by atoms with E-state index in [1.54, 1.807) is 0 Å². The number of nitrogens with one attached hydrogen (secondary N) is 1. The van der Waals surface area contributed by atoms with Crippen molar-refractivity contribution >= 4 is 23.0 Å². The molecule has 2 nitrogen and oxygen atoms in total. The second kappa shape index (κ2) is 6.57. The first-order valence-electron chi connectivity index (χ1n) is 7.58. The summed E-state index contributed by atoms with van der Waals surface area (Å²) in [5, 5.41) is 4.22. The average Bonchev–Trinajstić information content (AvgIpc) is 2.65. The second-order valence-corrected chi connectivity index (χ2v) is 7.16. The van der Waals surface area contributed by atoms with Crippen LogP contribution in [0.25, 0.3) is 0 Å². The maximum absolute atomic E-state index is 5.56. The summed E-state index contributed by atoms with van der Waals surface area (Å²) in [5.41, 5.74) is 1.49. The number of benzene rings is 1. The lowest BCUT2D eigenvalue weighted by molar-refractivity contribution is 0.216. The summed E-state index contributed by atoms with van der Waals surface area (Å²) in [6.07, 6.45) is 3.78. The minimum atomic E-state index is 0.407. The summed E-state index contributed by atoms with van der Waals surface area (Å²) in [5.74, 6) is 0.798. The lowest BCUT2D eigenvalue weighted by atomic mass is 9.77. The predicted octanol–water partition coefficient (Wildman–Crippen LogP) is 4.53. The molecule has 0 aromatic heterocycles. The first-order valence-corrected chi connectivity index (χ1v) is 7.98. The van der Waals surface area contributed by atoms with Gasteiger partial charge in [0, 0.05) is 18.8 Å². The Morgan fingerprint density at radius 2 is 1.85 bits per heavy atom. The van der Waals surface area contributed by atoms with Crippen molar-refractivity contribution in [3.8, 4) is 0 Å². The summed E-state index contributed by atoms with van der Waals surface area (Å²) < 4.78 is 0. The van der Waals surface area contributed by atoms with Gasteiger partial charge in [-0.25, -0.2) is 0 Å². The Bertz CT molecular complexity index is 436. The van der Waals surface area contributed by atoms with Gasteiger partial charge < -0.3 is 10.2 Å². The summed E-state index contributed by atoms with van der Waals surface area (Å²) in [7, 11) is 0. The molecule has 1 saturated heterocycles. The van der Waals surface area contributed by atoms with Gasteiger partial charge >= 0.3 is 0 Å². The molecule has 0 radical (unpaired) electrons. The maximum Gasteiger partial charge on any atom is 0.173 e. The van der Waals surface area contributed by atoms with Gasteiger partial charge in [-0.05, 0) is 54.9 Å². The van der Waals surface area contributed by atoms with E-state index in [1.165, 1.54) is 19.3 Å². The molecule has 1 aromatic carbocycles. The quantitative estimate of drug-likeness (QED) is 0.765. The van der Waals surface area contributed by atoms with Crippen molar-refractivity contribution in [1.29, 1.82) is 0 Å². The molecule has 1 aliphatic rings. The van der Waals surface area contributed by atoms with Crippen LogP contribution in [0.4, 0.5) is 5.69 Å². The highest BCUT2D eigenvalue weighted by Gasteiger charge is 2.27. The number of hydrogen-bond donors (Lipinski definition) is 1.